The summed E-state index contributed by atoms with van der Waals surface area (Å²) in [5, 5.41) is 0. The Morgan fingerprint density at radius 3 is 2.38 bits per heavy atom. The van der Waals surface area contributed by atoms with Crippen molar-refractivity contribution in [3.05, 3.63) is 59.7 Å². The normalized spacial score (nSPS) is 11.8. The number of rotatable bonds is 6. The molecule has 0 saturated carbocycles. The first kappa shape index (κ1) is 15.1. The quantitative estimate of drug-likeness (QED) is 0.754. The molecule has 2 aromatic rings. The molecule has 2 rings (SSSR count). The Hall–Kier alpha value is -2.29. The van der Waals surface area contributed by atoms with Gasteiger partial charge in [0.15, 0.2) is 6.10 Å². The minimum absolute atomic E-state index is 0.0384. The second-order valence-corrected chi connectivity index (χ2v) is 4.81. The van der Waals surface area contributed by atoms with Crippen molar-refractivity contribution in [1.29, 1.82) is 0 Å². The Balaban J connectivity index is 2.11. The smallest absolute Gasteiger partial charge is 0.202 e. The zero-order valence-electron chi connectivity index (χ0n) is 12.6. The molecule has 0 radical (unpaired) electrons. The van der Waals surface area contributed by atoms with E-state index in [2.05, 4.69) is 6.92 Å². The Bertz CT molecular complexity index is 602. The summed E-state index contributed by atoms with van der Waals surface area (Å²) < 4.78 is 10.9. The molecule has 0 aromatic heterocycles. The lowest BCUT2D eigenvalue weighted by Gasteiger charge is -2.16. The molecule has 0 heterocycles. The second-order valence-electron chi connectivity index (χ2n) is 4.81. The van der Waals surface area contributed by atoms with Gasteiger partial charge in [0.2, 0.25) is 5.78 Å². The van der Waals surface area contributed by atoms with E-state index in [4.69, 9.17) is 9.47 Å². The first-order chi connectivity index (χ1) is 10.2. The van der Waals surface area contributed by atoms with Crippen molar-refractivity contribution in [3.8, 4) is 11.5 Å². The van der Waals surface area contributed by atoms with Gasteiger partial charge in [-0.25, -0.2) is 0 Å². The van der Waals surface area contributed by atoms with Crippen molar-refractivity contribution in [1.82, 2.24) is 0 Å². The lowest BCUT2D eigenvalue weighted by atomic mass is 10.1. The highest BCUT2D eigenvalue weighted by Crippen LogP contribution is 2.21. The molecule has 0 amide bonds. The summed E-state index contributed by atoms with van der Waals surface area (Å²) in [5.74, 6) is 1.47. The molecule has 3 heteroatoms. The third-order valence-corrected chi connectivity index (χ3v) is 3.40. The van der Waals surface area contributed by atoms with Crippen molar-refractivity contribution in [2.24, 2.45) is 0 Å². The van der Waals surface area contributed by atoms with Crippen LogP contribution in [-0.2, 0) is 6.42 Å². The zero-order chi connectivity index (χ0) is 15.2. The van der Waals surface area contributed by atoms with Crippen LogP contribution in [0.2, 0.25) is 0 Å². The van der Waals surface area contributed by atoms with Crippen LogP contribution < -0.4 is 9.47 Å². The van der Waals surface area contributed by atoms with Crippen LogP contribution in [0, 0.1) is 0 Å². The van der Waals surface area contributed by atoms with Crippen molar-refractivity contribution in [2.45, 2.75) is 26.4 Å². The van der Waals surface area contributed by atoms with Crippen LogP contribution in [-0.4, -0.2) is 19.0 Å². The number of aryl methyl sites for hydroxylation is 1. The standard InChI is InChI=1S/C18H20O3/c1-4-14-7-5-6-8-17(14)21-13(2)18(19)15-9-11-16(20-3)12-10-15/h5-13H,4H2,1-3H3. The van der Waals surface area contributed by atoms with Crippen molar-refractivity contribution in [2.75, 3.05) is 7.11 Å². The Morgan fingerprint density at radius 1 is 1.10 bits per heavy atom. The van der Waals surface area contributed by atoms with Gasteiger partial charge in [0, 0.05) is 5.56 Å². The van der Waals surface area contributed by atoms with Gasteiger partial charge in [0.1, 0.15) is 11.5 Å². The van der Waals surface area contributed by atoms with Crippen LogP contribution in [0.25, 0.3) is 0 Å². The fraction of sp³-hybridized carbons (Fsp3) is 0.278. The maximum atomic E-state index is 12.4. The molecule has 1 unspecified atom stereocenters. The van der Waals surface area contributed by atoms with Crippen LogP contribution in [0.4, 0.5) is 0 Å². The van der Waals surface area contributed by atoms with Crippen molar-refractivity contribution in [3.63, 3.8) is 0 Å². The number of carbonyl (C=O) groups is 1. The predicted octanol–water partition coefficient (Wildman–Crippen LogP) is 3.91. The molecule has 0 saturated heterocycles. The summed E-state index contributed by atoms with van der Waals surface area (Å²) >= 11 is 0. The number of hydrogen-bond acceptors (Lipinski definition) is 3. The molecule has 2 aromatic carbocycles. The van der Waals surface area contributed by atoms with Crippen molar-refractivity contribution < 1.29 is 14.3 Å². The molecule has 21 heavy (non-hydrogen) atoms. The average molecular weight is 284 g/mol. The summed E-state index contributed by atoms with van der Waals surface area (Å²) in [5.41, 5.74) is 1.73. The molecule has 1 atom stereocenters. The molecule has 110 valence electrons. The van der Waals surface area contributed by atoms with Crippen LogP contribution >= 0.6 is 0 Å². The van der Waals surface area contributed by atoms with Gasteiger partial charge >= 0.3 is 0 Å². The summed E-state index contributed by atoms with van der Waals surface area (Å²) in [4.78, 5) is 12.4. The van der Waals surface area contributed by atoms with E-state index in [-0.39, 0.29) is 5.78 Å². The number of para-hydroxylation sites is 1. The van der Waals surface area contributed by atoms with Gasteiger partial charge in [0.25, 0.3) is 0 Å². The van der Waals surface area contributed by atoms with E-state index < -0.39 is 6.10 Å². The van der Waals surface area contributed by atoms with E-state index in [1.54, 1.807) is 38.3 Å². The van der Waals surface area contributed by atoms with E-state index in [1.807, 2.05) is 24.3 Å². The minimum atomic E-state index is -0.522. The Morgan fingerprint density at radius 2 is 1.76 bits per heavy atom. The maximum absolute atomic E-state index is 12.4. The van der Waals surface area contributed by atoms with E-state index in [0.717, 1.165) is 23.5 Å². The minimum Gasteiger partial charge on any atom is -0.497 e. The SMILES string of the molecule is CCc1ccccc1OC(C)C(=O)c1ccc(OC)cc1. The van der Waals surface area contributed by atoms with E-state index >= 15 is 0 Å². The van der Waals surface area contributed by atoms with Gasteiger partial charge in [-0.2, -0.15) is 0 Å². The first-order valence-electron chi connectivity index (χ1n) is 7.08. The van der Waals surface area contributed by atoms with Gasteiger partial charge in [0.05, 0.1) is 7.11 Å². The van der Waals surface area contributed by atoms with Gasteiger partial charge < -0.3 is 9.47 Å². The monoisotopic (exact) mass is 284 g/mol. The fourth-order valence-electron chi connectivity index (χ4n) is 2.14. The zero-order valence-corrected chi connectivity index (χ0v) is 12.6. The molecule has 0 aliphatic heterocycles. The number of ether oxygens (including phenoxy) is 2. The second kappa shape index (κ2) is 6.93. The molecule has 0 N–H and O–H groups in total. The summed E-state index contributed by atoms with van der Waals surface area (Å²) in [6.07, 6.45) is 0.352. The van der Waals surface area contributed by atoms with Gasteiger partial charge in [-0.1, -0.05) is 25.1 Å². The third-order valence-electron chi connectivity index (χ3n) is 3.40. The largest absolute Gasteiger partial charge is 0.497 e. The predicted molar refractivity (Wildman–Crippen MR) is 83.2 cm³/mol. The lowest BCUT2D eigenvalue weighted by molar-refractivity contribution is 0.0817. The highest BCUT2D eigenvalue weighted by Gasteiger charge is 2.17. The number of carbonyl (C=O) groups excluding carboxylic acids is 1. The molecule has 0 bridgehead atoms. The lowest BCUT2D eigenvalue weighted by Crippen LogP contribution is -2.24. The third kappa shape index (κ3) is 3.63. The topological polar surface area (TPSA) is 35.5 Å². The average Bonchev–Trinajstić information content (AvgIpc) is 2.54. The first-order valence-corrected chi connectivity index (χ1v) is 7.08. The number of methoxy groups -OCH3 is 1. The van der Waals surface area contributed by atoms with Crippen LogP contribution in [0.5, 0.6) is 11.5 Å². The van der Waals surface area contributed by atoms with Gasteiger partial charge in [-0.05, 0) is 49.2 Å². The van der Waals surface area contributed by atoms with Gasteiger partial charge in [-0.15, -0.1) is 0 Å². The maximum Gasteiger partial charge on any atom is 0.202 e. The van der Waals surface area contributed by atoms with Crippen LogP contribution in [0.15, 0.2) is 48.5 Å². The highest BCUT2D eigenvalue weighted by atomic mass is 16.5. The molecule has 3 nitrogen and oxygen atoms in total. The van der Waals surface area contributed by atoms with E-state index in [1.165, 1.54) is 0 Å². The fourth-order valence-corrected chi connectivity index (χ4v) is 2.14. The number of benzene rings is 2. The van der Waals surface area contributed by atoms with Crippen molar-refractivity contribution >= 4 is 5.78 Å². The summed E-state index contributed by atoms with van der Waals surface area (Å²) in [6, 6.07) is 14.9. The Labute approximate surface area is 125 Å². The van der Waals surface area contributed by atoms with Crippen LogP contribution in [0.1, 0.15) is 29.8 Å². The number of Topliss-reactive ketones (excluding diaryl/α,β-unsaturated/α-hetero) is 1. The summed E-state index contributed by atoms with van der Waals surface area (Å²) in [7, 11) is 1.60. The van der Waals surface area contributed by atoms with E-state index in [9.17, 15) is 4.79 Å². The van der Waals surface area contributed by atoms with Crippen LogP contribution in [0.3, 0.4) is 0 Å². The number of ketones is 1. The molecular formula is C18H20O3. The molecule has 0 aliphatic carbocycles. The molecule has 0 fully saturated rings. The molecular weight excluding hydrogens is 264 g/mol. The highest BCUT2D eigenvalue weighted by molar-refractivity contribution is 5.99. The summed E-state index contributed by atoms with van der Waals surface area (Å²) in [6.45, 7) is 3.84. The van der Waals surface area contributed by atoms with E-state index in [0.29, 0.717) is 5.56 Å². The molecule has 0 aliphatic rings. The Kier molecular flexibility index (Phi) is 4.99. The van der Waals surface area contributed by atoms with Gasteiger partial charge in [-0.3, -0.25) is 4.79 Å². The number of hydrogen-bond donors (Lipinski definition) is 0. The molecule has 0 spiro atoms.